The van der Waals surface area contributed by atoms with E-state index in [4.69, 9.17) is 5.11 Å². The number of aliphatic hydroxyl groups excluding tert-OH is 1. The first kappa shape index (κ1) is 14.3. The SMILES string of the molecule is O=C(Nc1nc(CO)cs1)c1cccc(-c2ccccn2)n1. The predicted molar refractivity (Wildman–Crippen MR) is 83.5 cm³/mol. The highest BCUT2D eigenvalue weighted by Crippen LogP contribution is 2.17. The second-order valence-corrected chi connectivity index (χ2v) is 5.24. The third kappa shape index (κ3) is 3.16. The van der Waals surface area contributed by atoms with Gasteiger partial charge in [-0.1, -0.05) is 12.1 Å². The van der Waals surface area contributed by atoms with Gasteiger partial charge in [-0.15, -0.1) is 11.3 Å². The summed E-state index contributed by atoms with van der Waals surface area (Å²) in [5, 5.41) is 13.8. The van der Waals surface area contributed by atoms with Crippen LogP contribution in [-0.4, -0.2) is 26.0 Å². The lowest BCUT2D eigenvalue weighted by Crippen LogP contribution is -2.13. The normalized spacial score (nSPS) is 10.4. The van der Waals surface area contributed by atoms with E-state index in [9.17, 15) is 4.79 Å². The van der Waals surface area contributed by atoms with E-state index in [-0.39, 0.29) is 18.2 Å². The van der Waals surface area contributed by atoms with E-state index in [0.717, 1.165) is 0 Å². The Balaban J connectivity index is 1.81. The van der Waals surface area contributed by atoms with Crippen LogP contribution < -0.4 is 5.32 Å². The van der Waals surface area contributed by atoms with Gasteiger partial charge < -0.3 is 5.11 Å². The first-order valence-electron chi connectivity index (χ1n) is 6.51. The average molecular weight is 312 g/mol. The molecule has 110 valence electrons. The lowest BCUT2D eigenvalue weighted by Gasteiger charge is -2.04. The summed E-state index contributed by atoms with van der Waals surface area (Å²) in [6.07, 6.45) is 1.68. The zero-order chi connectivity index (χ0) is 15.4. The number of rotatable bonds is 4. The number of aromatic nitrogens is 3. The molecular weight excluding hydrogens is 300 g/mol. The summed E-state index contributed by atoms with van der Waals surface area (Å²) >= 11 is 1.25. The van der Waals surface area contributed by atoms with Gasteiger partial charge in [0.15, 0.2) is 5.13 Å². The molecule has 0 aliphatic carbocycles. The molecule has 22 heavy (non-hydrogen) atoms. The second-order valence-electron chi connectivity index (χ2n) is 4.38. The van der Waals surface area contributed by atoms with Gasteiger partial charge in [-0.2, -0.15) is 0 Å². The Bertz CT molecular complexity index is 789. The monoisotopic (exact) mass is 312 g/mol. The van der Waals surface area contributed by atoms with Crippen molar-refractivity contribution in [3.05, 3.63) is 59.4 Å². The van der Waals surface area contributed by atoms with Gasteiger partial charge in [-0.25, -0.2) is 9.97 Å². The minimum Gasteiger partial charge on any atom is -0.390 e. The van der Waals surface area contributed by atoms with Crippen LogP contribution in [0.15, 0.2) is 48.0 Å². The summed E-state index contributed by atoms with van der Waals surface area (Å²) in [5.41, 5.74) is 2.14. The van der Waals surface area contributed by atoms with Crippen molar-refractivity contribution in [2.75, 3.05) is 5.32 Å². The van der Waals surface area contributed by atoms with Gasteiger partial charge in [-0.3, -0.25) is 15.1 Å². The number of carbonyl (C=O) groups is 1. The molecule has 0 unspecified atom stereocenters. The maximum absolute atomic E-state index is 12.2. The number of thiazole rings is 1. The molecule has 0 spiro atoms. The van der Waals surface area contributed by atoms with Gasteiger partial charge in [0, 0.05) is 11.6 Å². The highest BCUT2D eigenvalue weighted by Gasteiger charge is 2.11. The molecule has 3 aromatic rings. The molecule has 0 aliphatic heterocycles. The number of anilines is 1. The minimum atomic E-state index is -0.350. The van der Waals surface area contributed by atoms with Crippen LogP contribution in [0, 0.1) is 0 Å². The van der Waals surface area contributed by atoms with Gasteiger partial charge in [0.05, 0.1) is 23.7 Å². The summed E-state index contributed by atoms with van der Waals surface area (Å²) in [5.74, 6) is -0.350. The average Bonchev–Trinajstić information content (AvgIpc) is 3.03. The van der Waals surface area contributed by atoms with E-state index in [1.54, 1.807) is 29.8 Å². The van der Waals surface area contributed by atoms with Gasteiger partial charge >= 0.3 is 0 Å². The summed E-state index contributed by atoms with van der Waals surface area (Å²) in [6.45, 7) is -0.153. The van der Waals surface area contributed by atoms with Crippen molar-refractivity contribution in [1.29, 1.82) is 0 Å². The summed E-state index contributed by atoms with van der Waals surface area (Å²) in [7, 11) is 0. The molecule has 6 nitrogen and oxygen atoms in total. The molecule has 2 N–H and O–H groups in total. The molecular formula is C15H12N4O2S. The van der Waals surface area contributed by atoms with Crippen molar-refractivity contribution >= 4 is 22.4 Å². The number of nitrogens with one attached hydrogen (secondary N) is 1. The fourth-order valence-electron chi connectivity index (χ4n) is 1.82. The van der Waals surface area contributed by atoms with Crippen LogP contribution in [0.4, 0.5) is 5.13 Å². The van der Waals surface area contributed by atoms with E-state index in [2.05, 4.69) is 20.3 Å². The number of aliphatic hydroxyl groups is 1. The summed E-state index contributed by atoms with van der Waals surface area (Å²) < 4.78 is 0. The van der Waals surface area contributed by atoms with Crippen molar-refractivity contribution in [2.45, 2.75) is 6.61 Å². The smallest absolute Gasteiger partial charge is 0.276 e. The molecule has 0 aliphatic rings. The van der Waals surface area contributed by atoms with E-state index < -0.39 is 0 Å². The van der Waals surface area contributed by atoms with Crippen LogP contribution >= 0.6 is 11.3 Å². The maximum atomic E-state index is 12.2. The van der Waals surface area contributed by atoms with Crippen LogP contribution in [0.25, 0.3) is 11.4 Å². The zero-order valence-electron chi connectivity index (χ0n) is 11.4. The molecule has 0 saturated heterocycles. The lowest BCUT2D eigenvalue weighted by atomic mass is 10.2. The summed E-state index contributed by atoms with van der Waals surface area (Å²) in [6, 6.07) is 10.7. The predicted octanol–water partition coefficient (Wildman–Crippen LogP) is 2.34. The van der Waals surface area contributed by atoms with Crippen LogP contribution in [0.3, 0.4) is 0 Å². The minimum absolute atomic E-state index is 0.153. The van der Waals surface area contributed by atoms with Gasteiger partial charge in [0.2, 0.25) is 0 Å². The van der Waals surface area contributed by atoms with Gasteiger partial charge in [0.25, 0.3) is 5.91 Å². The largest absolute Gasteiger partial charge is 0.390 e. The molecule has 0 aromatic carbocycles. The highest BCUT2D eigenvalue weighted by atomic mass is 32.1. The van der Waals surface area contributed by atoms with Crippen molar-refractivity contribution in [3.8, 4) is 11.4 Å². The molecule has 0 radical (unpaired) electrons. The molecule has 0 saturated carbocycles. The Labute approximate surface area is 130 Å². The lowest BCUT2D eigenvalue weighted by molar-refractivity contribution is 0.102. The van der Waals surface area contributed by atoms with E-state index in [0.29, 0.717) is 22.2 Å². The van der Waals surface area contributed by atoms with Crippen molar-refractivity contribution in [2.24, 2.45) is 0 Å². The third-order valence-corrected chi connectivity index (χ3v) is 3.65. The molecule has 7 heteroatoms. The first-order chi connectivity index (χ1) is 10.8. The Hall–Kier alpha value is -2.64. The molecule has 0 bridgehead atoms. The molecule has 3 heterocycles. The zero-order valence-corrected chi connectivity index (χ0v) is 12.2. The molecule has 1 amide bonds. The standard InChI is InChI=1S/C15H12N4O2S/c20-8-10-9-22-15(17-10)19-14(21)13-6-3-5-12(18-13)11-4-1-2-7-16-11/h1-7,9,20H,8H2,(H,17,19,21). The Morgan fingerprint density at radius 1 is 1.14 bits per heavy atom. The quantitative estimate of drug-likeness (QED) is 0.772. The second kappa shape index (κ2) is 6.42. The molecule has 3 aromatic heterocycles. The highest BCUT2D eigenvalue weighted by molar-refractivity contribution is 7.13. The van der Waals surface area contributed by atoms with Crippen LogP contribution in [0.2, 0.25) is 0 Å². The molecule has 3 rings (SSSR count). The number of amides is 1. The van der Waals surface area contributed by atoms with Crippen LogP contribution in [-0.2, 0) is 6.61 Å². The number of hydrogen-bond acceptors (Lipinski definition) is 6. The number of pyridine rings is 2. The number of carbonyl (C=O) groups excluding carboxylic acids is 1. The molecule has 0 fully saturated rings. The maximum Gasteiger partial charge on any atom is 0.276 e. The Morgan fingerprint density at radius 2 is 2.00 bits per heavy atom. The third-order valence-electron chi connectivity index (χ3n) is 2.84. The van der Waals surface area contributed by atoms with Gasteiger partial charge in [0.1, 0.15) is 5.69 Å². The van der Waals surface area contributed by atoms with Crippen molar-refractivity contribution in [1.82, 2.24) is 15.0 Å². The van der Waals surface area contributed by atoms with Crippen molar-refractivity contribution in [3.63, 3.8) is 0 Å². The van der Waals surface area contributed by atoms with E-state index in [1.807, 2.05) is 18.2 Å². The van der Waals surface area contributed by atoms with Crippen LogP contribution in [0.5, 0.6) is 0 Å². The van der Waals surface area contributed by atoms with E-state index in [1.165, 1.54) is 11.3 Å². The number of hydrogen-bond donors (Lipinski definition) is 2. The fourth-order valence-corrected chi connectivity index (χ4v) is 2.51. The van der Waals surface area contributed by atoms with Crippen LogP contribution in [0.1, 0.15) is 16.2 Å². The first-order valence-corrected chi connectivity index (χ1v) is 7.39. The number of nitrogens with zero attached hydrogens (tertiary/aromatic N) is 3. The Morgan fingerprint density at radius 3 is 2.73 bits per heavy atom. The topological polar surface area (TPSA) is 88.0 Å². The Kier molecular flexibility index (Phi) is 4.17. The molecule has 0 atom stereocenters. The summed E-state index contributed by atoms with van der Waals surface area (Å²) in [4.78, 5) is 24.8. The van der Waals surface area contributed by atoms with E-state index >= 15 is 0 Å². The fraction of sp³-hybridized carbons (Fsp3) is 0.0667. The van der Waals surface area contributed by atoms with Crippen molar-refractivity contribution < 1.29 is 9.90 Å². The van der Waals surface area contributed by atoms with Gasteiger partial charge in [-0.05, 0) is 24.3 Å².